The summed E-state index contributed by atoms with van der Waals surface area (Å²) < 4.78 is 5.34. The summed E-state index contributed by atoms with van der Waals surface area (Å²) in [5.41, 5.74) is 1.87. The minimum absolute atomic E-state index is 0.108. The number of nitrogens with zero attached hydrogens (tertiary/aromatic N) is 2. The fourth-order valence-electron chi connectivity index (χ4n) is 2.14. The number of rotatable bonds is 4. The van der Waals surface area contributed by atoms with Crippen LogP contribution in [-0.2, 0) is 0 Å². The number of thiophene rings is 2. The Hall–Kier alpha value is -1.99. The van der Waals surface area contributed by atoms with Crippen molar-refractivity contribution in [1.29, 1.82) is 0 Å². The predicted octanol–water partition coefficient (Wildman–Crippen LogP) is 4.30. The molecule has 5 nitrogen and oxygen atoms in total. The number of carbonyl (C=O) groups excluding carboxylic acids is 1. The van der Waals surface area contributed by atoms with Crippen molar-refractivity contribution in [2.45, 2.75) is 25.7 Å². The molecule has 1 fully saturated rings. The molecule has 1 N–H and O–H groups in total. The van der Waals surface area contributed by atoms with Crippen LogP contribution in [-0.4, -0.2) is 16.0 Å². The van der Waals surface area contributed by atoms with Crippen LogP contribution in [0.1, 0.15) is 39.8 Å². The van der Waals surface area contributed by atoms with Gasteiger partial charge >= 0.3 is 0 Å². The van der Waals surface area contributed by atoms with E-state index in [1.807, 2.05) is 29.8 Å². The minimum Gasteiger partial charge on any atom is -0.334 e. The SMILES string of the molecule is Cc1csc(C(=O)Nc2sccc2-c2nc(C3CC3)no2)c1. The lowest BCUT2D eigenvalue weighted by molar-refractivity contribution is 0.103. The van der Waals surface area contributed by atoms with Crippen molar-refractivity contribution >= 4 is 33.6 Å². The average molecular weight is 331 g/mol. The Labute approximate surface area is 135 Å². The maximum atomic E-state index is 12.3. The highest BCUT2D eigenvalue weighted by molar-refractivity contribution is 7.15. The summed E-state index contributed by atoms with van der Waals surface area (Å²) in [4.78, 5) is 17.4. The highest BCUT2D eigenvalue weighted by Gasteiger charge is 2.29. The molecule has 3 aromatic rings. The van der Waals surface area contributed by atoms with E-state index in [1.54, 1.807) is 0 Å². The van der Waals surface area contributed by atoms with Crippen molar-refractivity contribution in [3.63, 3.8) is 0 Å². The van der Waals surface area contributed by atoms with Crippen molar-refractivity contribution in [3.8, 4) is 11.5 Å². The molecule has 0 saturated heterocycles. The van der Waals surface area contributed by atoms with E-state index < -0.39 is 0 Å². The molecule has 3 aromatic heterocycles. The van der Waals surface area contributed by atoms with Gasteiger partial charge in [-0.25, -0.2) is 0 Å². The first-order valence-corrected chi connectivity index (χ1v) is 8.74. The van der Waals surface area contributed by atoms with Gasteiger partial charge in [0, 0.05) is 5.92 Å². The Balaban J connectivity index is 1.57. The van der Waals surface area contributed by atoms with E-state index in [9.17, 15) is 4.79 Å². The van der Waals surface area contributed by atoms with E-state index in [-0.39, 0.29) is 5.91 Å². The molecule has 3 heterocycles. The van der Waals surface area contributed by atoms with Crippen LogP contribution >= 0.6 is 22.7 Å². The van der Waals surface area contributed by atoms with Crippen LogP contribution in [0.25, 0.3) is 11.5 Å². The highest BCUT2D eigenvalue weighted by atomic mass is 32.1. The second-order valence-corrected chi connectivity index (χ2v) is 7.17. The zero-order valence-electron chi connectivity index (χ0n) is 11.8. The Bertz CT molecular complexity index is 829. The van der Waals surface area contributed by atoms with Crippen molar-refractivity contribution < 1.29 is 9.32 Å². The number of anilines is 1. The van der Waals surface area contributed by atoms with E-state index in [1.165, 1.54) is 22.7 Å². The third kappa shape index (κ3) is 2.57. The summed E-state index contributed by atoms with van der Waals surface area (Å²) in [6.07, 6.45) is 2.26. The van der Waals surface area contributed by atoms with Gasteiger partial charge in [-0.2, -0.15) is 4.98 Å². The first-order valence-electron chi connectivity index (χ1n) is 6.98. The number of aryl methyl sites for hydroxylation is 1. The summed E-state index contributed by atoms with van der Waals surface area (Å²) in [7, 11) is 0. The number of nitrogens with one attached hydrogen (secondary N) is 1. The van der Waals surface area contributed by atoms with Gasteiger partial charge in [-0.05, 0) is 48.2 Å². The molecule has 0 bridgehead atoms. The number of hydrogen-bond donors (Lipinski definition) is 1. The summed E-state index contributed by atoms with van der Waals surface area (Å²) in [6.45, 7) is 1.97. The maximum Gasteiger partial charge on any atom is 0.266 e. The lowest BCUT2D eigenvalue weighted by Gasteiger charge is -2.02. The van der Waals surface area contributed by atoms with E-state index in [0.717, 1.165) is 34.8 Å². The molecule has 4 rings (SSSR count). The van der Waals surface area contributed by atoms with Crippen molar-refractivity contribution in [2.24, 2.45) is 0 Å². The molecule has 0 spiro atoms. The zero-order chi connectivity index (χ0) is 15.1. The largest absolute Gasteiger partial charge is 0.334 e. The molecular formula is C15H13N3O2S2. The summed E-state index contributed by atoms with van der Waals surface area (Å²) >= 11 is 2.89. The fourth-order valence-corrected chi connectivity index (χ4v) is 3.71. The predicted molar refractivity (Wildman–Crippen MR) is 86.6 cm³/mol. The van der Waals surface area contributed by atoms with Crippen LogP contribution in [0.5, 0.6) is 0 Å². The second-order valence-electron chi connectivity index (χ2n) is 5.34. The molecule has 1 saturated carbocycles. The first kappa shape index (κ1) is 13.7. The summed E-state index contributed by atoms with van der Waals surface area (Å²) in [6, 6.07) is 3.77. The van der Waals surface area contributed by atoms with Crippen molar-refractivity contribution in [2.75, 3.05) is 5.32 Å². The third-order valence-corrected chi connectivity index (χ3v) is 5.34. The molecule has 0 aromatic carbocycles. The van der Waals surface area contributed by atoms with Gasteiger partial charge in [-0.3, -0.25) is 4.79 Å². The molecular weight excluding hydrogens is 318 g/mol. The fraction of sp³-hybridized carbons (Fsp3) is 0.267. The average Bonchev–Trinajstić information content (AvgIpc) is 2.92. The number of hydrogen-bond acceptors (Lipinski definition) is 6. The van der Waals surface area contributed by atoms with E-state index >= 15 is 0 Å². The smallest absolute Gasteiger partial charge is 0.266 e. The van der Waals surface area contributed by atoms with Gasteiger partial charge in [-0.15, -0.1) is 22.7 Å². The van der Waals surface area contributed by atoms with Crippen LogP contribution in [0.15, 0.2) is 27.4 Å². The summed E-state index contributed by atoms with van der Waals surface area (Å²) in [5.74, 6) is 1.58. The van der Waals surface area contributed by atoms with E-state index in [4.69, 9.17) is 4.52 Å². The van der Waals surface area contributed by atoms with Crippen LogP contribution in [0.2, 0.25) is 0 Å². The number of aromatic nitrogens is 2. The summed E-state index contributed by atoms with van der Waals surface area (Å²) in [5, 5.41) is 11.6. The van der Waals surface area contributed by atoms with Gasteiger partial charge in [0.05, 0.1) is 10.4 Å². The molecule has 112 valence electrons. The second kappa shape index (κ2) is 5.33. The molecule has 22 heavy (non-hydrogen) atoms. The Morgan fingerprint density at radius 1 is 1.41 bits per heavy atom. The molecule has 0 unspecified atom stereocenters. The Kier molecular flexibility index (Phi) is 3.31. The Morgan fingerprint density at radius 3 is 3.00 bits per heavy atom. The minimum atomic E-state index is -0.108. The quantitative estimate of drug-likeness (QED) is 0.774. The van der Waals surface area contributed by atoms with E-state index in [0.29, 0.717) is 16.7 Å². The van der Waals surface area contributed by atoms with Crippen molar-refractivity contribution in [3.05, 3.63) is 39.2 Å². The van der Waals surface area contributed by atoms with Gasteiger partial charge in [0.1, 0.15) is 5.00 Å². The highest BCUT2D eigenvalue weighted by Crippen LogP contribution is 2.40. The molecule has 0 atom stereocenters. The standard InChI is InChI=1S/C15H13N3O2S2/c1-8-6-11(22-7-8)13(19)17-15-10(4-5-21-15)14-16-12(18-20-14)9-2-3-9/h4-7,9H,2-3H2,1H3,(H,17,19). The molecule has 0 radical (unpaired) electrons. The lowest BCUT2D eigenvalue weighted by atomic mass is 10.3. The number of amides is 1. The van der Waals surface area contributed by atoms with Gasteiger partial charge in [-0.1, -0.05) is 5.16 Å². The molecule has 1 amide bonds. The molecule has 1 aliphatic rings. The molecule has 1 aliphatic carbocycles. The van der Waals surface area contributed by atoms with Gasteiger partial charge < -0.3 is 9.84 Å². The Morgan fingerprint density at radius 2 is 2.27 bits per heavy atom. The van der Waals surface area contributed by atoms with E-state index in [2.05, 4.69) is 15.5 Å². The van der Waals surface area contributed by atoms with Crippen LogP contribution in [0.3, 0.4) is 0 Å². The number of carbonyl (C=O) groups is 1. The molecule has 7 heteroatoms. The topological polar surface area (TPSA) is 68.0 Å². The third-order valence-electron chi connectivity index (χ3n) is 3.46. The zero-order valence-corrected chi connectivity index (χ0v) is 13.5. The normalized spacial score (nSPS) is 14.2. The van der Waals surface area contributed by atoms with Crippen LogP contribution in [0.4, 0.5) is 5.00 Å². The van der Waals surface area contributed by atoms with Gasteiger partial charge in [0.25, 0.3) is 11.8 Å². The monoisotopic (exact) mass is 331 g/mol. The first-order chi connectivity index (χ1) is 10.7. The van der Waals surface area contributed by atoms with Gasteiger partial charge in [0.15, 0.2) is 5.82 Å². The van der Waals surface area contributed by atoms with Gasteiger partial charge in [0.2, 0.25) is 0 Å². The van der Waals surface area contributed by atoms with Crippen LogP contribution in [0, 0.1) is 6.92 Å². The lowest BCUT2D eigenvalue weighted by Crippen LogP contribution is -2.09. The molecule has 0 aliphatic heterocycles. The maximum absolute atomic E-state index is 12.3. The van der Waals surface area contributed by atoms with Crippen LogP contribution < -0.4 is 5.32 Å². The van der Waals surface area contributed by atoms with Crippen molar-refractivity contribution in [1.82, 2.24) is 10.1 Å².